The van der Waals surface area contributed by atoms with Crippen LogP contribution in [0.5, 0.6) is 0 Å². The van der Waals surface area contributed by atoms with Gasteiger partial charge in [-0.05, 0) is 30.2 Å². The van der Waals surface area contributed by atoms with E-state index in [-0.39, 0.29) is 23.8 Å². The fourth-order valence-electron chi connectivity index (χ4n) is 2.60. The maximum absolute atomic E-state index is 12.3. The highest BCUT2D eigenvalue weighted by molar-refractivity contribution is 7.12. The minimum absolute atomic E-state index is 0.0182. The van der Waals surface area contributed by atoms with Gasteiger partial charge in [0.2, 0.25) is 0 Å². The molecule has 2 rings (SSSR count). The van der Waals surface area contributed by atoms with Crippen molar-refractivity contribution in [2.45, 2.75) is 25.3 Å². The average molecular weight is 296 g/mol. The highest BCUT2D eigenvalue weighted by Gasteiger charge is 2.29. The first-order valence-corrected chi connectivity index (χ1v) is 7.63. The number of carbonyl (C=O) groups excluding carboxylic acids is 2. The van der Waals surface area contributed by atoms with Gasteiger partial charge in [-0.3, -0.25) is 9.59 Å². The van der Waals surface area contributed by atoms with Gasteiger partial charge in [-0.2, -0.15) is 0 Å². The largest absolute Gasteiger partial charge is 0.469 e. The van der Waals surface area contributed by atoms with Crippen LogP contribution in [0.25, 0.3) is 0 Å². The van der Waals surface area contributed by atoms with Crippen LogP contribution in [0.2, 0.25) is 0 Å². The van der Waals surface area contributed by atoms with Gasteiger partial charge >= 0.3 is 5.97 Å². The second-order valence-corrected chi connectivity index (χ2v) is 6.11. The summed E-state index contributed by atoms with van der Waals surface area (Å²) in [7, 11) is 1.39. The number of nitrogens with zero attached hydrogens (tertiary/aromatic N) is 1. The van der Waals surface area contributed by atoms with Gasteiger partial charge in [0, 0.05) is 25.6 Å². The van der Waals surface area contributed by atoms with E-state index in [0.29, 0.717) is 25.9 Å². The molecule has 1 saturated heterocycles. The van der Waals surface area contributed by atoms with Crippen LogP contribution in [-0.2, 0) is 9.53 Å². The zero-order valence-electron chi connectivity index (χ0n) is 11.6. The van der Waals surface area contributed by atoms with Crippen molar-refractivity contribution in [2.24, 2.45) is 11.7 Å². The Balaban J connectivity index is 1.94. The van der Waals surface area contributed by atoms with Crippen molar-refractivity contribution in [3.63, 3.8) is 0 Å². The van der Waals surface area contributed by atoms with Gasteiger partial charge < -0.3 is 15.4 Å². The van der Waals surface area contributed by atoms with Crippen LogP contribution in [0.1, 0.15) is 28.9 Å². The molecular weight excluding hydrogens is 276 g/mol. The summed E-state index contributed by atoms with van der Waals surface area (Å²) < 4.78 is 4.65. The number of methoxy groups -OCH3 is 1. The summed E-state index contributed by atoms with van der Waals surface area (Å²) in [6, 6.07) is 3.68. The molecule has 2 unspecified atom stereocenters. The lowest BCUT2D eigenvalue weighted by atomic mass is 9.90. The first-order chi connectivity index (χ1) is 9.60. The Bertz CT molecular complexity index is 461. The van der Waals surface area contributed by atoms with Gasteiger partial charge in [0.1, 0.15) is 0 Å². The third-order valence-electron chi connectivity index (χ3n) is 3.57. The molecule has 0 aliphatic carbocycles. The zero-order valence-corrected chi connectivity index (χ0v) is 12.4. The summed E-state index contributed by atoms with van der Waals surface area (Å²) in [6.07, 6.45) is 1.95. The van der Waals surface area contributed by atoms with Gasteiger partial charge in [-0.15, -0.1) is 11.3 Å². The number of amides is 1. The highest BCUT2D eigenvalue weighted by atomic mass is 32.1. The molecule has 1 aromatic heterocycles. The van der Waals surface area contributed by atoms with E-state index < -0.39 is 0 Å². The number of ether oxygens (including phenoxy) is 1. The molecule has 0 spiro atoms. The fraction of sp³-hybridized carbons (Fsp3) is 0.571. The number of rotatable bonds is 4. The maximum Gasteiger partial charge on any atom is 0.305 e. The number of nitrogens with two attached hydrogens (primary N) is 1. The number of carbonyl (C=O) groups is 2. The van der Waals surface area contributed by atoms with Crippen LogP contribution >= 0.6 is 11.3 Å². The van der Waals surface area contributed by atoms with E-state index in [1.165, 1.54) is 18.4 Å². The van der Waals surface area contributed by atoms with Gasteiger partial charge in [0.25, 0.3) is 5.91 Å². The van der Waals surface area contributed by atoms with E-state index in [0.717, 1.165) is 11.3 Å². The smallest absolute Gasteiger partial charge is 0.305 e. The second kappa shape index (κ2) is 6.85. The molecule has 0 saturated carbocycles. The SMILES string of the molecule is COC(=O)CCC1CC(N)CN(C(=O)c2cccs2)C1. The Morgan fingerprint density at radius 3 is 2.95 bits per heavy atom. The minimum atomic E-state index is -0.208. The molecule has 1 aliphatic rings. The molecule has 0 radical (unpaired) electrons. The van der Waals surface area contributed by atoms with E-state index in [1.807, 2.05) is 22.4 Å². The average Bonchev–Trinajstić information content (AvgIpc) is 2.97. The van der Waals surface area contributed by atoms with Crippen molar-refractivity contribution in [2.75, 3.05) is 20.2 Å². The van der Waals surface area contributed by atoms with E-state index in [4.69, 9.17) is 5.73 Å². The van der Waals surface area contributed by atoms with Crippen molar-refractivity contribution in [1.82, 2.24) is 4.90 Å². The number of esters is 1. The third-order valence-corrected chi connectivity index (χ3v) is 4.43. The molecule has 1 amide bonds. The molecule has 1 aliphatic heterocycles. The summed E-state index contributed by atoms with van der Waals surface area (Å²) in [6.45, 7) is 1.26. The van der Waals surface area contributed by atoms with Crippen LogP contribution < -0.4 is 5.73 Å². The van der Waals surface area contributed by atoms with Crippen molar-refractivity contribution < 1.29 is 14.3 Å². The van der Waals surface area contributed by atoms with Gasteiger partial charge in [-0.1, -0.05) is 6.07 Å². The molecule has 6 heteroatoms. The van der Waals surface area contributed by atoms with Crippen molar-refractivity contribution in [1.29, 1.82) is 0 Å². The lowest BCUT2D eigenvalue weighted by Gasteiger charge is -2.36. The summed E-state index contributed by atoms with van der Waals surface area (Å²) in [5.74, 6) is 0.0975. The van der Waals surface area contributed by atoms with Crippen LogP contribution in [0.4, 0.5) is 0 Å². The standard InChI is InChI=1S/C14H20N2O3S/c1-19-13(17)5-4-10-7-11(15)9-16(8-10)14(18)12-3-2-6-20-12/h2-3,6,10-11H,4-5,7-9,15H2,1H3. The fourth-order valence-corrected chi connectivity index (χ4v) is 3.29. The van der Waals surface area contributed by atoms with E-state index in [9.17, 15) is 9.59 Å². The quantitative estimate of drug-likeness (QED) is 0.854. The predicted molar refractivity (Wildman–Crippen MR) is 77.6 cm³/mol. The molecule has 1 aromatic rings. The molecular formula is C14H20N2O3S. The number of thiophene rings is 1. The Labute approximate surface area is 122 Å². The molecule has 1 fully saturated rings. The Morgan fingerprint density at radius 1 is 1.50 bits per heavy atom. The summed E-state index contributed by atoms with van der Waals surface area (Å²) in [4.78, 5) is 26.1. The Hall–Kier alpha value is -1.40. The molecule has 20 heavy (non-hydrogen) atoms. The third kappa shape index (κ3) is 3.80. The molecule has 0 bridgehead atoms. The molecule has 2 heterocycles. The molecule has 0 aromatic carbocycles. The van der Waals surface area contributed by atoms with Crippen molar-refractivity contribution in [3.8, 4) is 0 Å². The number of hydrogen-bond donors (Lipinski definition) is 1. The minimum Gasteiger partial charge on any atom is -0.469 e. The first-order valence-electron chi connectivity index (χ1n) is 6.75. The Morgan fingerprint density at radius 2 is 2.30 bits per heavy atom. The lowest BCUT2D eigenvalue weighted by molar-refractivity contribution is -0.141. The maximum atomic E-state index is 12.3. The number of hydrogen-bond acceptors (Lipinski definition) is 5. The molecule has 110 valence electrons. The van der Waals surface area contributed by atoms with Crippen LogP contribution in [-0.4, -0.2) is 43.0 Å². The van der Waals surface area contributed by atoms with Gasteiger partial charge in [0.15, 0.2) is 0 Å². The normalized spacial score (nSPS) is 22.6. The van der Waals surface area contributed by atoms with Gasteiger partial charge in [-0.25, -0.2) is 0 Å². The van der Waals surface area contributed by atoms with Crippen LogP contribution in [0.15, 0.2) is 17.5 Å². The van der Waals surface area contributed by atoms with Crippen LogP contribution in [0.3, 0.4) is 0 Å². The van der Waals surface area contributed by atoms with Crippen molar-refractivity contribution in [3.05, 3.63) is 22.4 Å². The van der Waals surface area contributed by atoms with E-state index >= 15 is 0 Å². The second-order valence-electron chi connectivity index (χ2n) is 5.16. The summed E-state index contributed by atoms with van der Waals surface area (Å²) >= 11 is 1.44. The monoisotopic (exact) mass is 296 g/mol. The predicted octanol–water partition coefficient (Wildman–Crippen LogP) is 1.49. The molecule has 5 nitrogen and oxygen atoms in total. The highest BCUT2D eigenvalue weighted by Crippen LogP contribution is 2.23. The van der Waals surface area contributed by atoms with E-state index in [2.05, 4.69) is 4.74 Å². The number of piperidine rings is 1. The first kappa shape index (κ1) is 15.0. The Kier molecular flexibility index (Phi) is 5.14. The summed E-state index contributed by atoms with van der Waals surface area (Å²) in [5, 5.41) is 1.89. The topological polar surface area (TPSA) is 72.6 Å². The van der Waals surface area contributed by atoms with Crippen LogP contribution in [0, 0.1) is 5.92 Å². The molecule has 2 atom stereocenters. The lowest BCUT2D eigenvalue weighted by Crippen LogP contribution is -2.49. The number of likely N-dealkylation sites (tertiary alicyclic amines) is 1. The zero-order chi connectivity index (χ0) is 14.5. The van der Waals surface area contributed by atoms with Crippen molar-refractivity contribution >= 4 is 23.2 Å². The van der Waals surface area contributed by atoms with Gasteiger partial charge in [0.05, 0.1) is 12.0 Å². The molecule has 2 N–H and O–H groups in total. The summed E-state index contributed by atoms with van der Waals surface area (Å²) in [5.41, 5.74) is 6.04. The van der Waals surface area contributed by atoms with E-state index in [1.54, 1.807) is 0 Å².